The van der Waals surface area contributed by atoms with E-state index in [1.165, 1.54) is 5.69 Å². The molecule has 1 aromatic carbocycles. The summed E-state index contributed by atoms with van der Waals surface area (Å²) >= 11 is 1.92. The summed E-state index contributed by atoms with van der Waals surface area (Å²) in [6.45, 7) is 2.02. The molecule has 1 aliphatic carbocycles. The summed E-state index contributed by atoms with van der Waals surface area (Å²) in [5, 5.41) is 19.0. The maximum atomic E-state index is 11.3. The zero-order valence-electron chi connectivity index (χ0n) is 13.1. The molecule has 1 aromatic rings. The van der Waals surface area contributed by atoms with Gasteiger partial charge >= 0.3 is 5.97 Å². The Hall–Kier alpha value is -1.67. The third kappa shape index (κ3) is 3.81. The van der Waals surface area contributed by atoms with Gasteiger partial charge in [-0.05, 0) is 49.9 Å². The summed E-state index contributed by atoms with van der Waals surface area (Å²) in [5.41, 5.74) is 1.87. The summed E-state index contributed by atoms with van der Waals surface area (Å²) < 4.78 is 0. The number of nitriles is 1. The fourth-order valence-corrected chi connectivity index (χ4v) is 5.34. The van der Waals surface area contributed by atoms with E-state index in [0.717, 1.165) is 45.2 Å². The molecule has 2 fully saturated rings. The average Bonchev–Trinajstić information content (AvgIpc) is 3.04. The SMILES string of the molecule is N#Cc1ccc(N2CCC(SC3CCCC3C(=O)O)CC2)cc1. The van der Waals surface area contributed by atoms with Gasteiger partial charge in [0.2, 0.25) is 0 Å². The van der Waals surface area contributed by atoms with Gasteiger partial charge in [-0.25, -0.2) is 0 Å². The normalized spacial score (nSPS) is 25.3. The molecule has 1 saturated heterocycles. The van der Waals surface area contributed by atoms with Crippen molar-refractivity contribution in [3.63, 3.8) is 0 Å². The minimum absolute atomic E-state index is 0.142. The van der Waals surface area contributed by atoms with Gasteiger partial charge in [0.1, 0.15) is 0 Å². The number of thioether (sulfide) groups is 1. The van der Waals surface area contributed by atoms with Crippen molar-refractivity contribution in [1.82, 2.24) is 0 Å². The molecule has 2 atom stereocenters. The maximum absolute atomic E-state index is 11.3. The minimum atomic E-state index is -0.616. The first-order valence-electron chi connectivity index (χ1n) is 8.31. The smallest absolute Gasteiger partial charge is 0.307 e. The number of benzene rings is 1. The lowest BCUT2D eigenvalue weighted by Crippen LogP contribution is -2.36. The van der Waals surface area contributed by atoms with E-state index in [-0.39, 0.29) is 5.92 Å². The number of carboxylic acids is 1. The fourth-order valence-electron chi connectivity index (χ4n) is 3.62. The number of nitrogens with zero attached hydrogens (tertiary/aromatic N) is 2. The number of rotatable bonds is 4. The predicted octanol–water partition coefficient (Wildman–Crippen LogP) is 3.51. The molecule has 1 N–H and O–H groups in total. The predicted molar refractivity (Wildman–Crippen MR) is 92.7 cm³/mol. The Kier molecular flexibility index (Phi) is 5.12. The zero-order chi connectivity index (χ0) is 16.2. The number of anilines is 1. The molecule has 3 rings (SSSR count). The second-order valence-electron chi connectivity index (χ2n) is 6.40. The van der Waals surface area contributed by atoms with E-state index >= 15 is 0 Å². The second kappa shape index (κ2) is 7.27. The zero-order valence-corrected chi connectivity index (χ0v) is 14.0. The van der Waals surface area contributed by atoms with Crippen molar-refractivity contribution in [1.29, 1.82) is 5.26 Å². The van der Waals surface area contributed by atoms with E-state index in [2.05, 4.69) is 11.0 Å². The summed E-state index contributed by atoms with van der Waals surface area (Å²) in [7, 11) is 0. The van der Waals surface area contributed by atoms with Crippen LogP contribution >= 0.6 is 11.8 Å². The molecule has 1 aliphatic heterocycles. The highest BCUT2D eigenvalue weighted by molar-refractivity contribution is 8.00. The highest BCUT2D eigenvalue weighted by Gasteiger charge is 2.35. The molecule has 5 heteroatoms. The number of carbonyl (C=O) groups is 1. The van der Waals surface area contributed by atoms with Crippen molar-refractivity contribution in [2.45, 2.75) is 42.6 Å². The van der Waals surface area contributed by atoms with Crippen LogP contribution in [0.2, 0.25) is 0 Å². The standard InChI is InChI=1S/C18H22N2O2S/c19-12-13-4-6-14(7-5-13)20-10-8-15(9-11-20)23-17-3-1-2-16(17)18(21)22/h4-7,15-17H,1-3,8-11H2,(H,21,22). The van der Waals surface area contributed by atoms with Crippen LogP contribution in [0.3, 0.4) is 0 Å². The number of hydrogen-bond acceptors (Lipinski definition) is 4. The molecular weight excluding hydrogens is 308 g/mol. The summed E-state index contributed by atoms with van der Waals surface area (Å²) in [4.78, 5) is 13.7. The third-order valence-corrected chi connectivity index (χ3v) is 6.71. The van der Waals surface area contributed by atoms with Crippen LogP contribution in [0, 0.1) is 17.2 Å². The van der Waals surface area contributed by atoms with E-state index in [1.54, 1.807) is 0 Å². The lowest BCUT2D eigenvalue weighted by Gasteiger charge is -2.34. The van der Waals surface area contributed by atoms with Crippen LogP contribution < -0.4 is 4.90 Å². The Morgan fingerprint density at radius 2 is 1.87 bits per heavy atom. The molecule has 122 valence electrons. The van der Waals surface area contributed by atoms with Crippen LogP contribution in [0.15, 0.2) is 24.3 Å². The van der Waals surface area contributed by atoms with Gasteiger partial charge in [0.25, 0.3) is 0 Å². The number of piperidine rings is 1. The molecule has 4 nitrogen and oxygen atoms in total. The van der Waals surface area contributed by atoms with Crippen LogP contribution in [0.1, 0.15) is 37.7 Å². The Balaban J connectivity index is 1.52. The largest absolute Gasteiger partial charge is 0.481 e. The van der Waals surface area contributed by atoms with Crippen molar-refractivity contribution < 1.29 is 9.90 Å². The summed E-state index contributed by atoms with van der Waals surface area (Å²) in [6, 6.07) is 9.92. The van der Waals surface area contributed by atoms with Crippen LogP contribution in [-0.4, -0.2) is 34.7 Å². The molecular formula is C18H22N2O2S. The quantitative estimate of drug-likeness (QED) is 0.915. The van der Waals surface area contributed by atoms with Crippen LogP contribution in [0.5, 0.6) is 0 Å². The Morgan fingerprint density at radius 1 is 1.17 bits per heavy atom. The molecule has 0 amide bonds. The fraction of sp³-hybridized carbons (Fsp3) is 0.556. The summed E-state index contributed by atoms with van der Waals surface area (Å²) in [5.74, 6) is -0.758. The highest BCUT2D eigenvalue weighted by atomic mass is 32.2. The minimum Gasteiger partial charge on any atom is -0.481 e. The van der Waals surface area contributed by atoms with E-state index in [9.17, 15) is 9.90 Å². The molecule has 23 heavy (non-hydrogen) atoms. The van der Waals surface area contributed by atoms with Crippen molar-refractivity contribution in [3.8, 4) is 6.07 Å². The topological polar surface area (TPSA) is 64.3 Å². The van der Waals surface area contributed by atoms with E-state index in [4.69, 9.17) is 5.26 Å². The van der Waals surface area contributed by atoms with Gasteiger partial charge in [-0.2, -0.15) is 17.0 Å². The van der Waals surface area contributed by atoms with Gasteiger partial charge < -0.3 is 10.0 Å². The van der Waals surface area contributed by atoms with Crippen LogP contribution in [0.4, 0.5) is 5.69 Å². The molecule has 2 aliphatic rings. The Bertz CT molecular complexity index is 588. The van der Waals surface area contributed by atoms with E-state index < -0.39 is 5.97 Å². The second-order valence-corrected chi connectivity index (χ2v) is 7.94. The number of hydrogen-bond donors (Lipinski definition) is 1. The molecule has 1 heterocycles. The molecule has 0 aromatic heterocycles. The molecule has 0 radical (unpaired) electrons. The van der Waals surface area contributed by atoms with Gasteiger partial charge in [0, 0.05) is 29.3 Å². The van der Waals surface area contributed by atoms with Gasteiger partial charge in [-0.3, -0.25) is 4.79 Å². The first-order valence-corrected chi connectivity index (χ1v) is 9.25. The van der Waals surface area contributed by atoms with Gasteiger partial charge in [0.15, 0.2) is 0 Å². The first-order chi connectivity index (χ1) is 11.2. The number of carboxylic acid groups (broad SMARTS) is 1. The first kappa shape index (κ1) is 16.2. The Morgan fingerprint density at radius 3 is 2.48 bits per heavy atom. The molecule has 0 bridgehead atoms. The van der Waals surface area contributed by atoms with Crippen molar-refractivity contribution in [2.24, 2.45) is 5.92 Å². The summed E-state index contributed by atoms with van der Waals surface area (Å²) in [6.07, 6.45) is 5.16. The monoisotopic (exact) mass is 330 g/mol. The average molecular weight is 330 g/mol. The van der Waals surface area contributed by atoms with Gasteiger partial charge in [0.05, 0.1) is 17.6 Å². The lowest BCUT2D eigenvalue weighted by atomic mass is 10.1. The highest BCUT2D eigenvalue weighted by Crippen LogP contribution is 2.40. The maximum Gasteiger partial charge on any atom is 0.307 e. The van der Waals surface area contributed by atoms with Crippen LogP contribution in [-0.2, 0) is 4.79 Å². The van der Waals surface area contributed by atoms with E-state index in [1.807, 2.05) is 36.0 Å². The van der Waals surface area contributed by atoms with Gasteiger partial charge in [-0.15, -0.1) is 0 Å². The van der Waals surface area contributed by atoms with Crippen molar-refractivity contribution >= 4 is 23.4 Å². The third-order valence-electron chi connectivity index (χ3n) is 4.94. The van der Waals surface area contributed by atoms with Crippen LogP contribution in [0.25, 0.3) is 0 Å². The Labute approximate surface area is 141 Å². The number of aliphatic carboxylic acids is 1. The molecule has 2 unspecified atom stereocenters. The lowest BCUT2D eigenvalue weighted by molar-refractivity contribution is -0.141. The molecule has 0 spiro atoms. The van der Waals surface area contributed by atoms with Crippen molar-refractivity contribution in [2.75, 3.05) is 18.0 Å². The van der Waals surface area contributed by atoms with Crippen molar-refractivity contribution in [3.05, 3.63) is 29.8 Å². The van der Waals surface area contributed by atoms with Gasteiger partial charge in [-0.1, -0.05) is 6.42 Å². The van der Waals surface area contributed by atoms with E-state index in [0.29, 0.717) is 16.1 Å². The molecule has 1 saturated carbocycles.